The van der Waals surface area contributed by atoms with E-state index in [1.54, 1.807) is 7.11 Å². The van der Waals surface area contributed by atoms with Crippen LogP contribution in [-0.4, -0.2) is 61.6 Å². The Morgan fingerprint density at radius 2 is 1.59 bits per heavy atom. The molecule has 2 aromatic carbocycles. The highest BCUT2D eigenvalue weighted by Gasteiger charge is 2.23. The molecule has 1 heterocycles. The van der Waals surface area contributed by atoms with Gasteiger partial charge in [-0.15, -0.1) is 0 Å². The molecule has 0 bridgehead atoms. The van der Waals surface area contributed by atoms with E-state index < -0.39 is 0 Å². The van der Waals surface area contributed by atoms with Crippen LogP contribution in [0.4, 0.5) is 0 Å². The monoisotopic (exact) mass is 388 g/mol. The van der Waals surface area contributed by atoms with Gasteiger partial charge in [-0.25, -0.2) is 0 Å². The predicted molar refractivity (Wildman–Crippen MR) is 107 cm³/mol. The first-order chi connectivity index (χ1) is 13.0. The fraction of sp³-hybridized carbons (Fsp3) is 0.381. The smallest absolute Gasteiger partial charge is 0.253 e. The van der Waals surface area contributed by atoms with Crippen LogP contribution in [0.25, 0.3) is 0 Å². The highest BCUT2D eigenvalue weighted by Crippen LogP contribution is 2.18. The Balaban J connectivity index is 1.46. The molecule has 0 spiro atoms. The lowest BCUT2D eigenvalue weighted by Crippen LogP contribution is -2.50. The Bertz CT molecular complexity index is 741. The van der Waals surface area contributed by atoms with E-state index >= 15 is 0 Å². The molecule has 1 saturated heterocycles. The van der Waals surface area contributed by atoms with Crippen LogP contribution in [0.15, 0.2) is 48.5 Å². The number of rotatable bonds is 6. The Kier molecular flexibility index (Phi) is 6.58. The molecule has 5 nitrogen and oxygen atoms in total. The molecule has 1 unspecified atom stereocenters. The zero-order valence-electron chi connectivity index (χ0n) is 15.7. The van der Waals surface area contributed by atoms with Crippen molar-refractivity contribution in [3.63, 3.8) is 0 Å². The van der Waals surface area contributed by atoms with Crippen molar-refractivity contribution in [1.29, 1.82) is 0 Å². The van der Waals surface area contributed by atoms with E-state index in [1.807, 2.05) is 53.4 Å². The summed E-state index contributed by atoms with van der Waals surface area (Å²) in [7, 11) is 1.62. The third-order valence-corrected chi connectivity index (χ3v) is 4.91. The van der Waals surface area contributed by atoms with E-state index in [4.69, 9.17) is 21.1 Å². The minimum atomic E-state index is 0.0648. The van der Waals surface area contributed by atoms with E-state index in [1.165, 1.54) is 0 Å². The van der Waals surface area contributed by atoms with Gasteiger partial charge in [0.05, 0.1) is 7.11 Å². The van der Waals surface area contributed by atoms with Crippen LogP contribution in [0.5, 0.6) is 11.5 Å². The van der Waals surface area contributed by atoms with E-state index in [9.17, 15) is 4.79 Å². The number of hydrogen-bond acceptors (Lipinski definition) is 4. The van der Waals surface area contributed by atoms with Crippen LogP contribution >= 0.6 is 11.6 Å². The maximum Gasteiger partial charge on any atom is 0.253 e. The molecule has 1 fully saturated rings. The molecule has 0 N–H and O–H groups in total. The molecule has 27 heavy (non-hydrogen) atoms. The van der Waals surface area contributed by atoms with Gasteiger partial charge < -0.3 is 14.4 Å². The summed E-state index contributed by atoms with van der Waals surface area (Å²) in [6.07, 6.45) is 0.0648. The summed E-state index contributed by atoms with van der Waals surface area (Å²) in [6.45, 7) is 6.01. The van der Waals surface area contributed by atoms with Gasteiger partial charge in [-0.05, 0) is 55.5 Å². The summed E-state index contributed by atoms with van der Waals surface area (Å²) < 4.78 is 11.1. The second kappa shape index (κ2) is 9.11. The Hall–Kier alpha value is -2.24. The summed E-state index contributed by atoms with van der Waals surface area (Å²) in [5.41, 5.74) is 0.698. The number of methoxy groups -OCH3 is 1. The average molecular weight is 389 g/mol. The van der Waals surface area contributed by atoms with E-state index in [-0.39, 0.29) is 12.0 Å². The van der Waals surface area contributed by atoms with Gasteiger partial charge >= 0.3 is 0 Å². The molecule has 1 atom stereocenters. The zero-order valence-corrected chi connectivity index (χ0v) is 16.5. The fourth-order valence-corrected chi connectivity index (χ4v) is 3.32. The number of carbonyl (C=O) groups excluding carboxylic acids is 1. The standard InChI is InChI=1S/C21H25ClN2O3/c1-16(27-20-9-5-18(22)6-10-20)15-23-11-13-24(14-12-23)21(25)17-3-7-19(26-2)8-4-17/h3-10,16H,11-15H2,1-2H3. The second-order valence-corrected chi connectivity index (χ2v) is 7.14. The maximum atomic E-state index is 12.6. The van der Waals surface area contributed by atoms with Crippen molar-refractivity contribution in [2.75, 3.05) is 39.8 Å². The second-order valence-electron chi connectivity index (χ2n) is 6.70. The number of amides is 1. The van der Waals surface area contributed by atoms with Crippen molar-refractivity contribution < 1.29 is 14.3 Å². The van der Waals surface area contributed by atoms with Crippen LogP contribution < -0.4 is 9.47 Å². The van der Waals surface area contributed by atoms with Crippen LogP contribution in [0, 0.1) is 0 Å². The van der Waals surface area contributed by atoms with E-state index in [0.717, 1.165) is 44.2 Å². The molecule has 1 aliphatic heterocycles. The van der Waals surface area contributed by atoms with Gasteiger partial charge in [0.15, 0.2) is 0 Å². The van der Waals surface area contributed by atoms with Crippen LogP contribution in [0.3, 0.4) is 0 Å². The number of benzene rings is 2. The molecule has 144 valence electrons. The molecule has 1 amide bonds. The van der Waals surface area contributed by atoms with Crippen molar-refractivity contribution in [3.05, 3.63) is 59.1 Å². The molecule has 1 aliphatic rings. The first-order valence-corrected chi connectivity index (χ1v) is 9.51. The number of nitrogens with zero attached hydrogens (tertiary/aromatic N) is 2. The molecule has 0 aromatic heterocycles. The fourth-order valence-electron chi connectivity index (χ4n) is 3.20. The minimum absolute atomic E-state index is 0.0648. The molecule has 0 aliphatic carbocycles. The number of halogens is 1. The molecule has 0 saturated carbocycles. The number of ether oxygens (including phenoxy) is 2. The van der Waals surface area contributed by atoms with Gasteiger partial charge in [0, 0.05) is 43.3 Å². The number of carbonyl (C=O) groups is 1. The van der Waals surface area contributed by atoms with Gasteiger partial charge in [0.25, 0.3) is 5.91 Å². The number of piperazine rings is 1. The quantitative estimate of drug-likeness (QED) is 0.758. The van der Waals surface area contributed by atoms with Crippen LogP contribution in [0.1, 0.15) is 17.3 Å². The highest BCUT2D eigenvalue weighted by molar-refractivity contribution is 6.30. The molecule has 2 aromatic rings. The van der Waals surface area contributed by atoms with Gasteiger partial charge in [0.2, 0.25) is 0 Å². The Morgan fingerprint density at radius 1 is 1.00 bits per heavy atom. The first-order valence-electron chi connectivity index (χ1n) is 9.13. The maximum absolute atomic E-state index is 12.6. The van der Waals surface area contributed by atoms with Crippen molar-refractivity contribution in [2.45, 2.75) is 13.0 Å². The minimum Gasteiger partial charge on any atom is -0.497 e. The lowest BCUT2D eigenvalue weighted by atomic mass is 10.1. The summed E-state index contributed by atoms with van der Waals surface area (Å²) in [4.78, 5) is 16.9. The van der Waals surface area contributed by atoms with E-state index in [2.05, 4.69) is 11.8 Å². The normalized spacial score (nSPS) is 16.0. The van der Waals surface area contributed by atoms with Crippen molar-refractivity contribution in [2.24, 2.45) is 0 Å². The molecule has 3 rings (SSSR count). The Morgan fingerprint density at radius 3 is 2.19 bits per heavy atom. The van der Waals surface area contributed by atoms with Crippen LogP contribution in [-0.2, 0) is 0 Å². The first kappa shape index (κ1) is 19.5. The summed E-state index contributed by atoms with van der Waals surface area (Å²) >= 11 is 5.90. The summed E-state index contributed by atoms with van der Waals surface area (Å²) in [5.74, 6) is 1.65. The lowest BCUT2D eigenvalue weighted by Gasteiger charge is -2.36. The largest absolute Gasteiger partial charge is 0.497 e. The molecule has 0 radical (unpaired) electrons. The summed E-state index contributed by atoms with van der Waals surface area (Å²) in [6, 6.07) is 14.7. The van der Waals surface area contributed by atoms with Gasteiger partial charge in [0.1, 0.15) is 17.6 Å². The van der Waals surface area contributed by atoms with Crippen LogP contribution in [0.2, 0.25) is 5.02 Å². The molecular weight excluding hydrogens is 364 g/mol. The van der Waals surface area contributed by atoms with Gasteiger partial charge in [-0.3, -0.25) is 9.69 Å². The van der Waals surface area contributed by atoms with Crippen molar-refractivity contribution >= 4 is 17.5 Å². The molecular formula is C21H25ClN2O3. The average Bonchev–Trinajstić information content (AvgIpc) is 2.70. The van der Waals surface area contributed by atoms with Gasteiger partial charge in [-0.1, -0.05) is 11.6 Å². The topological polar surface area (TPSA) is 42.0 Å². The lowest BCUT2D eigenvalue weighted by molar-refractivity contribution is 0.0577. The SMILES string of the molecule is COc1ccc(C(=O)N2CCN(CC(C)Oc3ccc(Cl)cc3)CC2)cc1. The van der Waals surface area contributed by atoms with Crippen molar-refractivity contribution in [3.8, 4) is 11.5 Å². The number of hydrogen-bond donors (Lipinski definition) is 0. The van der Waals surface area contributed by atoms with Crippen molar-refractivity contribution in [1.82, 2.24) is 9.80 Å². The third kappa shape index (κ3) is 5.37. The highest BCUT2D eigenvalue weighted by atomic mass is 35.5. The predicted octanol–water partition coefficient (Wildman–Crippen LogP) is 3.57. The Labute approximate surface area is 165 Å². The summed E-state index contributed by atoms with van der Waals surface area (Å²) in [5, 5.41) is 0.702. The van der Waals surface area contributed by atoms with Gasteiger partial charge in [-0.2, -0.15) is 0 Å². The molecule has 6 heteroatoms. The van der Waals surface area contributed by atoms with E-state index in [0.29, 0.717) is 10.6 Å². The third-order valence-electron chi connectivity index (χ3n) is 4.66. The zero-order chi connectivity index (χ0) is 19.2.